The number of aromatic nitrogens is 5. The number of anilines is 2. The normalized spacial score (nSPS) is 17.5. The molecule has 0 aliphatic carbocycles. The maximum Gasteiger partial charge on any atom is 0.285 e. The molecule has 0 bridgehead atoms. The van der Waals surface area contributed by atoms with E-state index >= 15 is 0 Å². The Labute approximate surface area is 189 Å². The van der Waals surface area contributed by atoms with E-state index in [0.717, 1.165) is 0 Å². The number of halogens is 1. The lowest BCUT2D eigenvalue weighted by molar-refractivity contribution is 0.300. The maximum absolute atomic E-state index is 14.3. The van der Waals surface area contributed by atoms with Crippen LogP contribution in [0.15, 0.2) is 53.6 Å². The van der Waals surface area contributed by atoms with Crippen molar-refractivity contribution in [1.82, 2.24) is 24.1 Å². The van der Waals surface area contributed by atoms with Gasteiger partial charge < -0.3 is 10.6 Å². The van der Waals surface area contributed by atoms with Gasteiger partial charge in [-0.1, -0.05) is 25.1 Å². The molecule has 1 aliphatic rings. The minimum Gasteiger partial charge on any atom is -0.368 e. The number of nitrogens with two attached hydrogens (primary N) is 1. The highest BCUT2D eigenvalue weighted by atomic mass is 32.1. The quantitative estimate of drug-likeness (QED) is 0.508. The molecule has 1 aliphatic heterocycles. The van der Waals surface area contributed by atoms with Crippen molar-refractivity contribution in [2.24, 2.45) is 5.92 Å². The van der Waals surface area contributed by atoms with Gasteiger partial charge in [0.1, 0.15) is 11.6 Å². The van der Waals surface area contributed by atoms with Gasteiger partial charge in [-0.15, -0.1) is 0 Å². The highest BCUT2D eigenvalue weighted by Gasteiger charge is 2.42. The summed E-state index contributed by atoms with van der Waals surface area (Å²) in [6.07, 6.45) is 2.79. The average molecular weight is 451 g/mol. The van der Waals surface area contributed by atoms with Crippen molar-refractivity contribution in [2.45, 2.75) is 13.0 Å². The van der Waals surface area contributed by atoms with Gasteiger partial charge in [-0.05, 0) is 18.2 Å². The van der Waals surface area contributed by atoms with Gasteiger partial charge in [-0.3, -0.25) is 9.36 Å². The van der Waals surface area contributed by atoms with Crippen LogP contribution < -0.4 is 16.2 Å². The van der Waals surface area contributed by atoms with Crippen LogP contribution in [0.4, 0.5) is 16.2 Å². The highest BCUT2D eigenvalue weighted by molar-refractivity contribution is 7.59. The summed E-state index contributed by atoms with van der Waals surface area (Å²) in [7, 11) is 0. The predicted octanol–water partition coefficient (Wildman–Crippen LogP) is 2.18. The van der Waals surface area contributed by atoms with Crippen molar-refractivity contribution in [3.8, 4) is 11.8 Å². The van der Waals surface area contributed by atoms with Crippen molar-refractivity contribution >= 4 is 30.8 Å². The molecule has 0 spiro atoms. The minimum atomic E-state index is -0.636. The van der Waals surface area contributed by atoms with Crippen LogP contribution in [0.1, 0.15) is 24.4 Å². The van der Waals surface area contributed by atoms with Crippen LogP contribution >= 0.6 is 13.5 Å². The first kappa shape index (κ1) is 21.3. The van der Waals surface area contributed by atoms with Crippen LogP contribution in [-0.4, -0.2) is 30.7 Å². The molecule has 11 heteroatoms. The fourth-order valence-corrected chi connectivity index (χ4v) is 4.05. The molecule has 0 saturated carbocycles. The van der Waals surface area contributed by atoms with Gasteiger partial charge in [0.15, 0.2) is 23.0 Å². The first-order valence-corrected chi connectivity index (χ1v) is 9.64. The summed E-state index contributed by atoms with van der Waals surface area (Å²) in [6.45, 7) is 2.60. The Morgan fingerprint density at radius 1 is 1.25 bits per heavy atom. The van der Waals surface area contributed by atoms with Crippen molar-refractivity contribution in [3.63, 3.8) is 0 Å². The Kier molecular flexibility index (Phi) is 5.31. The maximum atomic E-state index is 14.3. The Morgan fingerprint density at radius 3 is 2.69 bits per heavy atom. The monoisotopic (exact) mass is 450 g/mol. The summed E-state index contributed by atoms with van der Waals surface area (Å²) in [6, 6.07) is 11.9. The number of hydrogen-bond donors (Lipinski definition) is 1. The third-order valence-corrected chi connectivity index (χ3v) is 5.48. The fourth-order valence-electron chi connectivity index (χ4n) is 4.05. The van der Waals surface area contributed by atoms with Gasteiger partial charge in [0.05, 0.1) is 17.9 Å². The lowest BCUT2D eigenvalue weighted by atomic mass is 9.89. The average Bonchev–Trinajstić information content (AvgIpc) is 3.13. The van der Waals surface area contributed by atoms with Crippen molar-refractivity contribution in [1.29, 1.82) is 5.26 Å². The van der Waals surface area contributed by atoms with E-state index in [4.69, 9.17) is 5.73 Å². The molecule has 4 heterocycles. The topological polar surface area (TPSA) is 118 Å². The number of rotatable bonds is 3. The lowest BCUT2D eigenvalue weighted by Crippen LogP contribution is -2.51. The molecule has 0 amide bonds. The molecule has 2 atom stereocenters. The summed E-state index contributed by atoms with van der Waals surface area (Å²) in [5, 5.41) is 14.1. The molecule has 32 heavy (non-hydrogen) atoms. The van der Waals surface area contributed by atoms with Gasteiger partial charge in [0.2, 0.25) is 5.95 Å². The van der Waals surface area contributed by atoms with E-state index in [9.17, 15) is 14.4 Å². The summed E-state index contributed by atoms with van der Waals surface area (Å²) in [5.41, 5.74) is 5.96. The number of nitrogen functional groups attached to an aromatic ring is 1. The molecule has 4 aromatic rings. The smallest absolute Gasteiger partial charge is 0.285 e. The third kappa shape index (κ3) is 3.16. The molecule has 0 radical (unpaired) electrons. The first-order valence-electron chi connectivity index (χ1n) is 9.64. The van der Waals surface area contributed by atoms with Crippen LogP contribution in [0.5, 0.6) is 0 Å². The van der Waals surface area contributed by atoms with Crippen LogP contribution in [0.3, 0.4) is 0 Å². The number of para-hydroxylation sites is 1. The zero-order chi connectivity index (χ0) is 21.7. The molecular weight excluding hydrogens is 431 g/mol. The van der Waals surface area contributed by atoms with Crippen LogP contribution in [0.25, 0.3) is 11.2 Å². The fraction of sp³-hybridized carbons (Fsp3) is 0.190. The second-order valence-electron chi connectivity index (χ2n) is 7.44. The molecule has 9 nitrogen and oxygen atoms in total. The van der Waals surface area contributed by atoms with Gasteiger partial charge in [0.25, 0.3) is 5.56 Å². The molecule has 1 fully saturated rings. The zero-order valence-electron chi connectivity index (χ0n) is 17.0. The minimum absolute atomic E-state index is 0. The predicted molar refractivity (Wildman–Crippen MR) is 122 cm³/mol. The lowest BCUT2D eigenvalue weighted by Gasteiger charge is -2.47. The molecule has 2 unspecified atom stereocenters. The number of hydrogen-bond acceptors (Lipinski definition) is 7. The van der Waals surface area contributed by atoms with Crippen LogP contribution in [-0.2, 0) is 0 Å². The van der Waals surface area contributed by atoms with Gasteiger partial charge in [-0.25, -0.2) is 13.9 Å². The Balaban J connectivity index is 0.00000245. The van der Waals surface area contributed by atoms with Crippen LogP contribution in [0, 0.1) is 23.1 Å². The van der Waals surface area contributed by atoms with E-state index < -0.39 is 11.4 Å². The SMILES string of the molecule is CC1CN(c2nc(N)ncc2C#N)C1c1nn2ccc(F)c2c(=O)n1-c1ccccc1.S. The van der Waals surface area contributed by atoms with E-state index in [2.05, 4.69) is 21.1 Å². The Morgan fingerprint density at radius 2 is 2.00 bits per heavy atom. The number of nitriles is 1. The van der Waals surface area contributed by atoms with Crippen LogP contribution in [0.2, 0.25) is 0 Å². The van der Waals surface area contributed by atoms with E-state index in [1.807, 2.05) is 17.9 Å². The molecular formula is C21H19FN8OS. The molecule has 3 aromatic heterocycles. The molecule has 162 valence electrons. The van der Waals surface area contributed by atoms with Gasteiger partial charge in [-0.2, -0.15) is 28.8 Å². The van der Waals surface area contributed by atoms with Gasteiger partial charge in [0, 0.05) is 18.7 Å². The van der Waals surface area contributed by atoms with E-state index in [-0.39, 0.29) is 42.5 Å². The van der Waals surface area contributed by atoms with E-state index in [0.29, 0.717) is 23.9 Å². The molecule has 5 rings (SSSR count). The van der Waals surface area contributed by atoms with Gasteiger partial charge >= 0.3 is 0 Å². The second kappa shape index (κ2) is 7.97. The summed E-state index contributed by atoms with van der Waals surface area (Å²) in [5.74, 6) is 0.290. The Bertz CT molecular complexity index is 1410. The summed E-state index contributed by atoms with van der Waals surface area (Å²) < 4.78 is 17.0. The highest BCUT2D eigenvalue weighted by Crippen LogP contribution is 2.41. The van der Waals surface area contributed by atoms with E-state index in [1.165, 1.54) is 27.5 Å². The summed E-state index contributed by atoms with van der Waals surface area (Å²) >= 11 is 0. The zero-order valence-corrected chi connectivity index (χ0v) is 18.0. The second-order valence-corrected chi connectivity index (χ2v) is 7.44. The Hall–Kier alpha value is -3.91. The number of fused-ring (bicyclic) bond motifs is 1. The summed E-state index contributed by atoms with van der Waals surface area (Å²) in [4.78, 5) is 23.4. The van der Waals surface area contributed by atoms with E-state index in [1.54, 1.807) is 24.3 Å². The molecule has 1 aromatic carbocycles. The van der Waals surface area contributed by atoms with Crippen molar-refractivity contribution in [3.05, 3.63) is 76.4 Å². The molecule has 2 N–H and O–H groups in total. The first-order chi connectivity index (χ1) is 15.0. The third-order valence-electron chi connectivity index (χ3n) is 5.48. The largest absolute Gasteiger partial charge is 0.368 e. The standard InChI is InChI=1S/C21H17FN8O.H2S/c1-12-11-28(18-13(9-23)10-25-21(24)26-18)16(12)19-27-29-8-7-15(22)17(29)20(31)30(19)14-5-3-2-4-6-14;/h2-8,10,12,16H,11H2,1H3,(H2,24,25,26);1H2. The number of nitrogens with zero attached hydrogens (tertiary/aromatic N) is 7. The molecule has 1 saturated heterocycles. The number of benzene rings is 1. The van der Waals surface area contributed by atoms with Crippen molar-refractivity contribution in [2.75, 3.05) is 17.2 Å². The van der Waals surface area contributed by atoms with Crippen molar-refractivity contribution < 1.29 is 4.39 Å².